The van der Waals surface area contributed by atoms with Gasteiger partial charge in [0.2, 0.25) is 0 Å². The highest BCUT2D eigenvalue weighted by Gasteiger charge is 2.06. The molecule has 0 fully saturated rings. The topological polar surface area (TPSA) is 62.7 Å². The first-order valence-electron chi connectivity index (χ1n) is 10.3. The van der Waals surface area contributed by atoms with E-state index in [1.54, 1.807) is 18.3 Å². The maximum absolute atomic E-state index is 12.3. The molecule has 33 heavy (non-hydrogen) atoms. The number of rotatable bonds is 8. The van der Waals surface area contributed by atoms with Crippen LogP contribution in [-0.2, 0) is 11.4 Å². The predicted molar refractivity (Wildman–Crippen MR) is 135 cm³/mol. The molecule has 0 aromatic heterocycles. The number of hydrogen-bond acceptors (Lipinski definition) is 4. The Labute approximate surface area is 202 Å². The second-order valence-corrected chi connectivity index (χ2v) is 8.08. The van der Waals surface area contributed by atoms with Crippen LogP contribution in [0.1, 0.15) is 11.1 Å². The van der Waals surface area contributed by atoms with Crippen LogP contribution < -0.4 is 15.5 Å². The Hall–Kier alpha value is -3.54. The summed E-state index contributed by atoms with van der Waals surface area (Å²) in [7, 11) is 0. The van der Waals surface area contributed by atoms with Gasteiger partial charge >= 0.3 is 0 Å². The van der Waals surface area contributed by atoms with Crippen molar-refractivity contribution in [3.05, 3.63) is 106 Å². The number of hydrazone groups is 1. The van der Waals surface area contributed by atoms with Gasteiger partial charge in [-0.15, -0.1) is 0 Å². The van der Waals surface area contributed by atoms with Crippen molar-refractivity contribution in [3.8, 4) is 5.75 Å². The van der Waals surface area contributed by atoms with E-state index in [4.69, 9.17) is 27.9 Å². The van der Waals surface area contributed by atoms with Crippen LogP contribution in [0, 0.1) is 0 Å². The van der Waals surface area contributed by atoms with Crippen molar-refractivity contribution >= 4 is 51.8 Å². The molecule has 0 aliphatic rings. The van der Waals surface area contributed by atoms with Crippen LogP contribution in [0.4, 0.5) is 5.69 Å². The molecule has 7 heteroatoms. The summed E-state index contributed by atoms with van der Waals surface area (Å²) in [4.78, 5) is 12.3. The molecule has 0 unspecified atom stereocenters. The number of carbonyl (C=O) groups excluding carboxylic acids is 1. The van der Waals surface area contributed by atoms with Crippen LogP contribution in [0.5, 0.6) is 5.75 Å². The average molecular weight is 478 g/mol. The van der Waals surface area contributed by atoms with E-state index in [1.165, 1.54) is 0 Å². The summed E-state index contributed by atoms with van der Waals surface area (Å²) in [6, 6.07) is 26.6. The molecular weight excluding hydrogens is 457 g/mol. The van der Waals surface area contributed by atoms with Crippen LogP contribution >= 0.6 is 23.2 Å². The van der Waals surface area contributed by atoms with Gasteiger partial charge in [0.1, 0.15) is 12.4 Å². The SMILES string of the molecule is O=C(CNc1cccc2ccccc12)N/N=C\c1ccccc1OCc1ccc(Cl)cc1Cl. The van der Waals surface area contributed by atoms with Crippen LogP contribution in [0.25, 0.3) is 10.8 Å². The second-order valence-electron chi connectivity index (χ2n) is 7.24. The summed E-state index contributed by atoms with van der Waals surface area (Å²) >= 11 is 12.2. The number of para-hydroxylation sites is 1. The Bertz CT molecular complexity index is 1300. The van der Waals surface area contributed by atoms with Crippen molar-refractivity contribution < 1.29 is 9.53 Å². The van der Waals surface area contributed by atoms with Crippen molar-refractivity contribution in [2.45, 2.75) is 6.61 Å². The number of nitrogens with one attached hydrogen (secondary N) is 2. The predicted octanol–water partition coefficient (Wildman–Crippen LogP) is 6.29. The fourth-order valence-electron chi connectivity index (χ4n) is 3.28. The minimum atomic E-state index is -0.259. The number of amides is 1. The van der Waals surface area contributed by atoms with Gasteiger partial charge in [0.15, 0.2) is 0 Å². The normalized spacial score (nSPS) is 11.0. The Balaban J connectivity index is 1.34. The number of halogens is 2. The highest BCUT2D eigenvalue weighted by molar-refractivity contribution is 6.35. The number of nitrogens with zero attached hydrogens (tertiary/aromatic N) is 1. The highest BCUT2D eigenvalue weighted by atomic mass is 35.5. The number of hydrogen-bond donors (Lipinski definition) is 2. The van der Waals surface area contributed by atoms with Crippen LogP contribution in [0.15, 0.2) is 90.0 Å². The molecule has 0 aliphatic carbocycles. The summed E-state index contributed by atoms with van der Waals surface area (Å²) in [6.07, 6.45) is 1.55. The van der Waals surface area contributed by atoms with Gasteiger partial charge < -0.3 is 10.1 Å². The molecule has 0 bridgehead atoms. The van der Waals surface area contributed by atoms with Crippen molar-refractivity contribution in [1.82, 2.24) is 5.43 Å². The molecule has 0 saturated carbocycles. The number of carbonyl (C=O) groups is 1. The molecular formula is C26H21Cl2N3O2. The number of ether oxygens (including phenoxy) is 1. The molecule has 4 aromatic rings. The summed E-state index contributed by atoms with van der Waals surface area (Å²) in [5, 5.41) is 10.5. The molecule has 0 saturated heterocycles. The molecule has 2 N–H and O–H groups in total. The lowest BCUT2D eigenvalue weighted by Crippen LogP contribution is -2.26. The maximum Gasteiger partial charge on any atom is 0.259 e. The van der Waals surface area contributed by atoms with Crippen LogP contribution in [0.2, 0.25) is 10.0 Å². The third kappa shape index (κ3) is 6.04. The highest BCUT2D eigenvalue weighted by Crippen LogP contribution is 2.24. The molecule has 1 amide bonds. The zero-order valence-electron chi connectivity index (χ0n) is 17.6. The van der Waals surface area contributed by atoms with Gasteiger partial charge in [0, 0.05) is 32.2 Å². The second kappa shape index (κ2) is 10.9. The lowest BCUT2D eigenvalue weighted by atomic mass is 10.1. The smallest absolute Gasteiger partial charge is 0.259 e. The van der Waals surface area contributed by atoms with Gasteiger partial charge in [-0.05, 0) is 35.7 Å². The van der Waals surface area contributed by atoms with Gasteiger partial charge in [-0.1, -0.05) is 77.8 Å². The fraction of sp³-hybridized carbons (Fsp3) is 0.0769. The first-order chi connectivity index (χ1) is 16.1. The van der Waals surface area contributed by atoms with Gasteiger partial charge in [-0.25, -0.2) is 5.43 Å². The summed E-state index contributed by atoms with van der Waals surface area (Å²) in [5.41, 5.74) is 4.98. The van der Waals surface area contributed by atoms with Gasteiger partial charge in [0.25, 0.3) is 5.91 Å². The molecule has 5 nitrogen and oxygen atoms in total. The summed E-state index contributed by atoms with van der Waals surface area (Å²) in [6.45, 7) is 0.376. The Morgan fingerprint density at radius 1 is 0.939 bits per heavy atom. The standard InChI is InChI=1S/C26H21Cl2N3O2/c27-21-13-12-20(23(28)14-21)17-33-25-11-4-2-7-19(25)15-30-31-26(32)16-29-24-10-5-8-18-6-1-3-9-22(18)24/h1-15,29H,16-17H2,(H,31,32)/b30-15-. The van der Waals surface area contributed by atoms with E-state index in [2.05, 4.69) is 15.8 Å². The van der Waals surface area contributed by atoms with E-state index in [9.17, 15) is 4.79 Å². The van der Waals surface area contributed by atoms with E-state index in [0.29, 0.717) is 15.8 Å². The number of anilines is 1. The van der Waals surface area contributed by atoms with E-state index in [-0.39, 0.29) is 19.1 Å². The Morgan fingerprint density at radius 3 is 2.61 bits per heavy atom. The maximum atomic E-state index is 12.3. The molecule has 0 spiro atoms. The molecule has 4 aromatic carbocycles. The zero-order chi connectivity index (χ0) is 23.0. The van der Waals surface area contributed by atoms with Crippen molar-refractivity contribution in [2.24, 2.45) is 5.10 Å². The fourth-order valence-corrected chi connectivity index (χ4v) is 3.74. The molecule has 0 heterocycles. The third-order valence-corrected chi connectivity index (χ3v) is 5.53. The van der Waals surface area contributed by atoms with Crippen LogP contribution in [-0.4, -0.2) is 18.7 Å². The van der Waals surface area contributed by atoms with Crippen molar-refractivity contribution in [3.63, 3.8) is 0 Å². The Kier molecular flexibility index (Phi) is 7.45. The molecule has 4 rings (SSSR count). The Morgan fingerprint density at radius 2 is 1.73 bits per heavy atom. The zero-order valence-corrected chi connectivity index (χ0v) is 19.1. The minimum Gasteiger partial charge on any atom is -0.488 e. The van der Waals surface area contributed by atoms with Crippen molar-refractivity contribution in [1.29, 1.82) is 0 Å². The summed E-state index contributed by atoms with van der Waals surface area (Å²) < 4.78 is 5.90. The average Bonchev–Trinajstić information content (AvgIpc) is 2.83. The quantitative estimate of drug-likeness (QED) is 0.231. The van der Waals surface area contributed by atoms with E-state index in [0.717, 1.165) is 27.6 Å². The minimum absolute atomic E-state index is 0.0958. The van der Waals surface area contributed by atoms with E-state index in [1.807, 2.05) is 72.8 Å². The first kappa shape index (κ1) is 22.6. The van der Waals surface area contributed by atoms with Crippen LogP contribution in [0.3, 0.4) is 0 Å². The van der Waals surface area contributed by atoms with E-state index >= 15 is 0 Å². The molecule has 166 valence electrons. The lowest BCUT2D eigenvalue weighted by Gasteiger charge is -2.10. The molecule has 0 radical (unpaired) electrons. The van der Waals surface area contributed by atoms with Gasteiger partial charge in [-0.2, -0.15) is 5.10 Å². The van der Waals surface area contributed by atoms with Crippen molar-refractivity contribution in [2.75, 3.05) is 11.9 Å². The van der Waals surface area contributed by atoms with Gasteiger partial charge in [0.05, 0.1) is 12.8 Å². The van der Waals surface area contributed by atoms with E-state index < -0.39 is 0 Å². The molecule has 0 aliphatic heterocycles. The first-order valence-corrected chi connectivity index (χ1v) is 11.0. The number of fused-ring (bicyclic) bond motifs is 1. The lowest BCUT2D eigenvalue weighted by molar-refractivity contribution is -0.119. The largest absolute Gasteiger partial charge is 0.488 e. The molecule has 0 atom stereocenters. The monoisotopic (exact) mass is 477 g/mol. The third-order valence-electron chi connectivity index (χ3n) is 4.94. The van der Waals surface area contributed by atoms with Gasteiger partial charge in [-0.3, -0.25) is 4.79 Å². The number of benzene rings is 4. The summed E-state index contributed by atoms with van der Waals surface area (Å²) in [5.74, 6) is 0.362.